The number of hydrogen-bond acceptors (Lipinski definition) is 6. The second-order valence-electron chi connectivity index (χ2n) is 4.97. The zero-order valence-electron chi connectivity index (χ0n) is 13.1. The molecule has 0 aliphatic carbocycles. The minimum Gasteiger partial charge on any atom is -0.465 e. The van der Waals surface area contributed by atoms with Crippen LogP contribution in [0.1, 0.15) is 16.2 Å². The van der Waals surface area contributed by atoms with Crippen molar-refractivity contribution in [3.8, 4) is 11.5 Å². The van der Waals surface area contributed by atoms with E-state index in [4.69, 9.17) is 4.74 Å². The highest BCUT2D eigenvalue weighted by atomic mass is 19.4. The van der Waals surface area contributed by atoms with Crippen molar-refractivity contribution < 1.29 is 27.4 Å². The van der Waals surface area contributed by atoms with Gasteiger partial charge in [-0.3, -0.25) is 0 Å². The first-order chi connectivity index (χ1) is 11.8. The van der Waals surface area contributed by atoms with Crippen LogP contribution in [0, 0.1) is 0 Å². The number of ether oxygens (including phenoxy) is 2. The van der Waals surface area contributed by atoms with Crippen LogP contribution in [0.15, 0.2) is 24.5 Å². The van der Waals surface area contributed by atoms with Gasteiger partial charge in [0.2, 0.25) is 0 Å². The zero-order valence-corrected chi connectivity index (χ0v) is 13.1. The molecule has 0 aromatic carbocycles. The fraction of sp³-hybridized carbons (Fsp3) is 0.286. The molecule has 0 aliphatic rings. The number of nitrogens with zero attached hydrogens (tertiary/aromatic N) is 5. The SMILES string of the molecule is COCn1nc(C(F)(F)F)nc1-c1cn2ccc(C(=O)OC)cc2n1. The first-order valence-corrected chi connectivity index (χ1v) is 6.92. The van der Waals surface area contributed by atoms with E-state index in [1.807, 2.05) is 0 Å². The van der Waals surface area contributed by atoms with Crippen LogP contribution in [-0.4, -0.2) is 44.3 Å². The summed E-state index contributed by atoms with van der Waals surface area (Å²) in [5.74, 6) is -1.93. The molecule has 0 bridgehead atoms. The second-order valence-corrected chi connectivity index (χ2v) is 4.97. The van der Waals surface area contributed by atoms with E-state index < -0.39 is 18.0 Å². The number of alkyl halides is 3. The fourth-order valence-electron chi connectivity index (χ4n) is 2.20. The van der Waals surface area contributed by atoms with Gasteiger partial charge in [0, 0.05) is 19.5 Å². The molecule has 3 rings (SSSR count). The van der Waals surface area contributed by atoms with Crippen LogP contribution in [0.25, 0.3) is 17.2 Å². The maximum Gasteiger partial charge on any atom is 0.453 e. The number of rotatable bonds is 4. The van der Waals surface area contributed by atoms with Crippen LogP contribution in [0.5, 0.6) is 0 Å². The molecule has 0 unspecified atom stereocenters. The smallest absolute Gasteiger partial charge is 0.453 e. The summed E-state index contributed by atoms with van der Waals surface area (Å²) in [4.78, 5) is 19.3. The number of halogens is 3. The number of pyridine rings is 1. The molecular weight excluding hydrogens is 343 g/mol. The number of methoxy groups -OCH3 is 2. The lowest BCUT2D eigenvalue weighted by molar-refractivity contribution is -0.145. The molecular formula is C14H12F3N5O3. The summed E-state index contributed by atoms with van der Waals surface area (Å²) in [6.45, 7) is -0.223. The van der Waals surface area contributed by atoms with Crippen molar-refractivity contribution in [3.63, 3.8) is 0 Å². The Morgan fingerprint density at radius 1 is 1.28 bits per heavy atom. The molecule has 0 atom stereocenters. The maximum absolute atomic E-state index is 12.9. The third-order valence-electron chi connectivity index (χ3n) is 3.29. The molecule has 8 nitrogen and oxygen atoms in total. The van der Waals surface area contributed by atoms with E-state index in [9.17, 15) is 18.0 Å². The van der Waals surface area contributed by atoms with Crippen LogP contribution in [-0.2, 0) is 22.4 Å². The summed E-state index contributed by atoms with van der Waals surface area (Å²) in [6.07, 6.45) is -1.67. The summed E-state index contributed by atoms with van der Waals surface area (Å²) in [5.41, 5.74) is 0.766. The van der Waals surface area contributed by atoms with E-state index in [-0.39, 0.29) is 23.8 Å². The first kappa shape index (κ1) is 16.9. The number of aromatic nitrogens is 5. The minimum atomic E-state index is -4.69. The average Bonchev–Trinajstić information content (AvgIpc) is 3.16. The number of fused-ring (bicyclic) bond motifs is 1. The molecule has 0 radical (unpaired) electrons. The van der Waals surface area contributed by atoms with Crippen molar-refractivity contribution in [1.29, 1.82) is 0 Å². The summed E-state index contributed by atoms with van der Waals surface area (Å²) in [5, 5.41) is 3.41. The Morgan fingerprint density at radius 3 is 2.68 bits per heavy atom. The number of carbonyl (C=O) groups excluding carboxylic acids is 1. The quantitative estimate of drug-likeness (QED) is 0.666. The largest absolute Gasteiger partial charge is 0.465 e. The summed E-state index contributed by atoms with van der Waals surface area (Å²) in [7, 11) is 2.57. The minimum absolute atomic E-state index is 0.0995. The second kappa shape index (κ2) is 6.16. The van der Waals surface area contributed by atoms with Crippen LogP contribution in [0.2, 0.25) is 0 Å². The van der Waals surface area contributed by atoms with Crippen molar-refractivity contribution in [2.75, 3.05) is 14.2 Å². The normalized spacial score (nSPS) is 11.9. The van der Waals surface area contributed by atoms with E-state index in [0.717, 1.165) is 4.68 Å². The van der Waals surface area contributed by atoms with Gasteiger partial charge >= 0.3 is 12.1 Å². The lowest BCUT2D eigenvalue weighted by Gasteiger charge is -2.01. The standard InChI is InChI=1S/C14H12F3N5O3/c1-24-7-22-11(19-13(20-22)14(15,16)17)9-6-21-4-3-8(12(23)25-2)5-10(21)18-9/h3-6H,7H2,1-2H3. The Bertz CT molecular complexity index is 932. The van der Waals surface area contributed by atoms with Gasteiger partial charge in [-0.15, -0.1) is 5.10 Å². The number of carbonyl (C=O) groups is 1. The van der Waals surface area contributed by atoms with Crippen LogP contribution < -0.4 is 0 Å². The molecule has 0 saturated carbocycles. The van der Waals surface area contributed by atoms with E-state index in [1.165, 1.54) is 32.5 Å². The Balaban J connectivity index is 2.09. The van der Waals surface area contributed by atoms with Gasteiger partial charge in [0.25, 0.3) is 5.82 Å². The van der Waals surface area contributed by atoms with Crippen molar-refractivity contribution in [3.05, 3.63) is 35.9 Å². The van der Waals surface area contributed by atoms with Gasteiger partial charge < -0.3 is 13.9 Å². The molecule has 0 saturated heterocycles. The Kier molecular flexibility index (Phi) is 4.17. The molecule has 25 heavy (non-hydrogen) atoms. The van der Waals surface area contributed by atoms with Gasteiger partial charge in [0.05, 0.1) is 12.7 Å². The lowest BCUT2D eigenvalue weighted by Crippen LogP contribution is -2.09. The molecule has 0 amide bonds. The Labute approximate surface area is 138 Å². The Hall–Kier alpha value is -2.95. The molecule has 0 spiro atoms. The number of imidazole rings is 1. The van der Waals surface area contributed by atoms with Crippen LogP contribution in [0.3, 0.4) is 0 Å². The van der Waals surface area contributed by atoms with E-state index in [1.54, 1.807) is 10.6 Å². The highest BCUT2D eigenvalue weighted by Crippen LogP contribution is 2.29. The number of esters is 1. The maximum atomic E-state index is 12.9. The average molecular weight is 355 g/mol. The summed E-state index contributed by atoms with van der Waals surface area (Å²) in [6, 6.07) is 2.96. The van der Waals surface area contributed by atoms with Gasteiger partial charge in [0.1, 0.15) is 18.1 Å². The highest BCUT2D eigenvalue weighted by Gasteiger charge is 2.37. The van der Waals surface area contributed by atoms with Gasteiger partial charge in [-0.1, -0.05) is 0 Å². The molecule has 0 N–H and O–H groups in total. The van der Waals surface area contributed by atoms with Crippen LogP contribution >= 0.6 is 0 Å². The summed E-state index contributed by atoms with van der Waals surface area (Å²) < 4.78 is 50.6. The predicted octanol–water partition coefficient (Wildman–Crippen LogP) is 2.00. The van der Waals surface area contributed by atoms with Gasteiger partial charge in [-0.25, -0.2) is 19.4 Å². The third-order valence-corrected chi connectivity index (χ3v) is 3.29. The van der Waals surface area contributed by atoms with Gasteiger partial charge in [-0.05, 0) is 12.1 Å². The Morgan fingerprint density at radius 2 is 2.04 bits per heavy atom. The van der Waals surface area contributed by atoms with Gasteiger partial charge in [0.15, 0.2) is 5.82 Å². The molecule has 11 heteroatoms. The van der Waals surface area contributed by atoms with Crippen molar-refractivity contribution >= 4 is 11.6 Å². The van der Waals surface area contributed by atoms with E-state index >= 15 is 0 Å². The van der Waals surface area contributed by atoms with Gasteiger partial charge in [-0.2, -0.15) is 13.2 Å². The topological polar surface area (TPSA) is 83.5 Å². The fourth-order valence-corrected chi connectivity index (χ4v) is 2.20. The predicted molar refractivity (Wildman–Crippen MR) is 77.6 cm³/mol. The van der Waals surface area contributed by atoms with E-state index in [0.29, 0.717) is 5.65 Å². The molecule has 3 aromatic rings. The van der Waals surface area contributed by atoms with Crippen molar-refractivity contribution in [1.82, 2.24) is 24.1 Å². The molecule has 0 fully saturated rings. The molecule has 0 aliphatic heterocycles. The highest BCUT2D eigenvalue weighted by molar-refractivity contribution is 5.90. The monoisotopic (exact) mass is 355 g/mol. The van der Waals surface area contributed by atoms with Crippen molar-refractivity contribution in [2.24, 2.45) is 0 Å². The zero-order chi connectivity index (χ0) is 18.2. The molecule has 3 aromatic heterocycles. The molecule has 132 valence electrons. The summed E-state index contributed by atoms with van der Waals surface area (Å²) >= 11 is 0. The lowest BCUT2D eigenvalue weighted by atomic mass is 10.3. The van der Waals surface area contributed by atoms with E-state index in [2.05, 4.69) is 19.8 Å². The number of hydrogen-bond donors (Lipinski definition) is 0. The molecule has 3 heterocycles. The van der Waals surface area contributed by atoms with Crippen LogP contribution in [0.4, 0.5) is 13.2 Å². The first-order valence-electron chi connectivity index (χ1n) is 6.92. The van der Waals surface area contributed by atoms with Crippen molar-refractivity contribution in [2.45, 2.75) is 12.9 Å². The third kappa shape index (κ3) is 3.18.